The van der Waals surface area contributed by atoms with Crippen molar-refractivity contribution in [1.29, 1.82) is 0 Å². The van der Waals surface area contributed by atoms with Gasteiger partial charge >= 0.3 is 5.69 Å². The van der Waals surface area contributed by atoms with Crippen LogP contribution in [0.2, 0.25) is 0 Å². The number of rotatable bonds is 8. The molecule has 3 aromatic carbocycles. The SMILES string of the molecule is CC/C(=C(\c1ccccc1)c1ccc(OCCN(C)C)cc1)c1ccccc1.O=c1[nH]cc(F)c(=O)[nH]1. The first-order chi connectivity index (χ1) is 17.9. The number of aromatic amines is 2. The molecule has 0 radical (unpaired) electrons. The summed E-state index contributed by atoms with van der Waals surface area (Å²) in [5.74, 6) is -0.0784. The van der Waals surface area contributed by atoms with Crippen LogP contribution < -0.4 is 16.0 Å². The minimum Gasteiger partial charge on any atom is -0.492 e. The van der Waals surface area contributed by atoms with Gasteiger partial charge in [0.2, 0.25) is 5.82 Å². The Morgan fingerprint density at radius 1 is 0.838 bits per heavy atom. The van der Waals surface area contributed by atoms with Gasteiger partial charge in [-0.05, 0) is 60.5 Å². The van der Waals surface area contributed by atoms with Crippen LogP contribution in [-0.2, 0) is 0 Å². The number of likely N-dealkylation sites (N-methyl/N-ethyl adjacent to an activating group) is 1. The van der Waals surface area contributed by atoms with Gasteiger partial charge in [0.05, 0.1) is 0 Å². The molecule has 0 saturated heterocycles. The normalized spacial score (nSPS) is 11.4. The van der Waals surface area contributed by atoms with Gasteiger partial charge in [-0.2, -0.15) is 4.39 Å². The third-order valence-electron chi connectivity index (χ3n) is 5.56. The maximum atomic E-state index is 12.0. The van der Waals surface area contributed by atoms with Gasteiger partial charge in [0.25, 0.3) is 5.56 Å². The van der Waals surface area contributed by atoms with Crippen molar-refractivity contribution in [2.24, 2.45) is 0 Å². The molecule has 0 atom stereocenters. The number of benzene rings is 3. The Kier molecular flexibility index (Phi) is 10.2. The second-order valence-corrected chi connectivity index (χ2v) is 8.54. The van der Waals surface area contributed by atoms with Crippen LogP contribution in [0.1, 0.15) is 30.0 Å². The molecule has 0 spiro atoms. The van der Waals surface area contributed by atoms with Gasteiger partial charge in [0.1, 0.15) is 12.4 Å². The highest BCUT2D eigenvalue weighted by atomic mass is 19.1. The number of H-pyrrole nitrogens is 2. The summed E-state index contributed by atoms with van der Waals surface area (Å²) in [7, 11) is 4.11. The van der Waals surface area contributed by atoms with Crippen molar-refractivity contribution < 1.29 is 9.13 Å². The largest absolute Gasteiger partial charge is 0.492 e. The average Bonchev–Trinajstić information content (AvgIpc) is 2.91. The molecule has 6 nitrogen and oxygen atoms in total. The first-order valence-electron chi connectivity index (χ1n) is 12.1. The maximum absolute atomic E-state index is 12.0. The number of hydrogen-bond acceptors (Lipinski definition) is 4. The average molecular weight is 502 g/mol. The van der Waals surface area contributed by atoms with Gasteiger partial charge in [0.15, 0.2) is 0 Å². The number of nitrogens with one attached hydrogen (secondary N) is 2. The standard InChI is InChI=1S/C26H29NO.C4H3FN2O2/c1-4-25(21-11-7-5-8-12-21)26(22-13-9-6-10-14-22)23-15-17-24(18-16-23)28-20-19-27(2)3;5-2-1-6-4(9)7-3(2)8/h5-18H,4,19-20H2,1-3H3;1H,(H2,6,7,8,9)/b26-25-;. The predicted octanol–water partition coefficient (Wildman–Crippen LogP) is 5.20. The van der Waals surface area contributed by atoms with E-state index < -0.39 is 17.1 Å². The Labute approximate surface area is 216 Å². The fraction of sp³-hybridized carbons (Fsp3) is 0.200. The van der Waals surface area contributed by atoms with E-state index in [4.69, 9.17) is 4.74 Å². The van der Waals surface area contributed by atoms with Crippen molar-refractivity contribution >= 4 is 11.1 Å². The van der Waals surface area contributed by atoms with E-state index in [1.165, 1.54) is 27.8 Å². The van der Waals surface area contributed by atoms with Crippen LogP contribution in [0.5, 0.6) is 5.75 Å². The van der Waals surface area contributed by atoms with E-state index in [0.717, 1.165) is 18.7 Å². The predicted molar refractivity (Wildman–Crippen MR) is 147 cm³/mol. The zero-order valence-corrected chi connectivity index (χ0v) is 21.3. The third-order valence-corrected chi connectivity index (χ3v) is 5.56. The Morgan fingerprint density at radius 3 is 1.92 bits per heavy atom. The lowest BCUT2D eigenvalue weighted by Gasteiger charge is -2.17. The number of aromatic nitrogens is 2. The van der Waals surface area contributed by atoms with Crippen LogP contribution >= 0.6 is 0 Å². The molecule has 37 heavy (non-hydrogen) atoms. The van der Waals surface area contributed by atoms with E-state index in [2.05, 4.69) is 111 Å². The lowest BCUT2D eigenvalue weighted by Crippen LogP contribution is -2.23. The number of allylic oxidation sites excluding steroid dienone is 1. The van der Waals surface area contributed by atoms with Crippen molar-refractivity contribution in [2.45, 2.75) is 13.3 Å². The third kappa shape index (κ3) is 8.15. The summed E-state index contributed by atoms with van der Waals surface area (Å²) in [6, 6.07) is 29.8. The summed E-state index contributed by atoms with van der Waals surface area (Å²) >= 11 is 0. The molecule has 0 bridgehead atoms. The summed E-state index contributed by atoms with van der Waals surface area (Å²) in [4.78, 5) is 26.1. The van der Waals surface area contributed by atoms with Gasteiger partial charge < -0.3 is 14.6 Å². The van der Waals surface area contributed by atoms with Crippen molar-refractivity contribution in [1.82, 2.24) is 14.9 Å². The molecule has 0 fully saturated rings. The molecule has 0 aliphatic carbocycles. The van der Waals surface area contributed by atoms with Crippen LogP contribution in [0.15, 0.2) is 101 Å². The monoisotopic (exact) mass is 501 g/mol. The second-order valence-electron chi connectivity index (χ2n) is 8.54. The van der Waals surface area contributed by atoms with Gasteiger partial charge in [-0.15, -0.1) is 0 Å². The van der Waals surface area contributed by atoms with Gasteiger partial charge in [0, 0.05) is 12.7 Å². The lowest BCUT2D eigenvalue weighted by atomic mass is 9.88. The summed E-state index contributed by atoms with van der Waals surface area (Å²) in [5.41, 5.74) is 4.66. The first kappa shape index (κ1) is 27.4. The molecular formula is C30H32FN3O3. The van der Waals surface area contributed by atoms with Gasteiger partial charge in [-0.1, -0.05) is 79.7 Å². The highest BCUT2D eigenvalue weighted by Crippen LogP contribution is 2.34. The van der Waals surface area contributed by atoms with Gasteiger partial charge in [-0.25, -0.2) is 4.79 Å². The van der Waals surface area contributed by atoms with Crippen LogP contribution in [0.3, 0.4) is 0 Å². The van der Waals surface area contributed by atoms with E-state index >= 15 is 0 Å². The Bertz CT molecular complexity index is 1390. The van der Waals surface area contributed by atoms with Gasteiger partial charge in [-0.3, -0.25) is 9.78 Å². The van der Waals surface area contributed by atoms with E-state index in [-0.39, 0.29) is 0 Å². The maximum Gasteiger partial charge on any atom is 0.325 e. The fourth-order valence-electron chi connectivity index (χ4n) is 3.74. The van der Waals surface area contributed by atoms with Crippen LogP contribution in [-0.4, -0.2) is 42.1 Å². The molecule has 2 N–H and O–H groups in total. The van der Waals surface area contributed by atoms with Crippen LogP contribution in [0, 0.1) is 5.82 Å². The Balaban J connectivity index is 0.000000356. The molecular weight excluding hydrogens is 469 g/mol. The summed E-state index contributed by atoms with van der Waals surface area (Å²) in [6.07, 6.45) is 1.68. The second kappa shape index (κ2) is 13.8. The molecule has 4 rings (SSSR count). The fourth-order valence-corrected chi connectivity index (χ4v) is 3.74. The molecule has 1 heterocycles. The first-order valence-corrected chi connectivity index (χ1v) is 12.1. The zero-order chi connectivity index (χ0) is 26.6. The molecule has 0 aliphatic rings. The Morgan fingerprint density at radius 2 is 1.41 bits per heavy atom. The minimum atomic E-state index is -1.00. The van der Waals surface area contributed by atoms with Crippen molar-refractivity contribution in [2.75, 3.05) is 27.2 Å². The highest BCUT2D eigenvalue weighted by Gasteiger charge is 2.13. The zero-order valence-electron chi connectivity index (χ0n) is 21.3. The van der Waals surface area contributed by atoms with Crippen molar-refractivity contribution in [3.63, 3.8) is 0 Å². The molecule has 0 amide bonds. The minimum absolute atomic E-state index is 0.692. The summed E-state index contributed by atoms with van der Waals surface area (Å²) < 4.78 is 17.9. The summed E-state index contributed by atoms with van der Waals surface area (Å²) in [6.45, 7) is 3.83. The Hall–Kier alpha value is -4.23. The van der Waals surface area contributed by atoms with Crippen molar-refractivity contribution in [3.05, 3.63) is 134 Å². The number of halogens is 1. The topological polar surface area (TPSA) is 78.2 Å². The van der Waals surface area contributed by atoms with Crippen molar-refractivity contribution in [3.8, 4) is 5.75 Å². The molecule has 0 aliphatic heterocycles. The van der Waals surface area contributed by atoms with E-state index in [1.54, 1.807) is 4.98 Å². The quantitative estimate of drug-likeness (QED) is 0.326. The lowest BCUT2D eigenvalue weighted by molar-refractivity contribution is 0.261. The van der Waals surface area contributed by atoms with Crippen LogP contribution in [0.4, 0.5) is 4.39 Å². The van der Waals surface area contributed by atoms with Crippen LogP contribution in [0.25, 0.3) is 11.1 Å². The van der Waals surface area contributed by atoms with E-state index in [9.17, 15) is 14.0 Å². The molecule has 0 unspecified atom stereocenters. The van der Waals surface area contributed by atoms with E-state index in [1.807, 2.05) is 4.98 Å². The molecule has 7 heteroatoms. The number of ether oxygens (including phenoxy) is 1. The molecule has 0 saturated carbocycles. The molecule has 4 aromatic rings. The number of nitrogens with zero attached hydrogens (tertiary/aromatic N) is 1. The molecule has 1 aromatic heterocycles. The summed E-state index contributed by atoms with van der Waals surface area (Å²) in [5, 5.41) is 0. The smallest absolute Gasteiger partial charge is 0.325 e. The van der Waals surface area contributed by atoms with E-state index in [0.29, 0.717) is 12.8 Å². The number of hydrogen-bond donors (Lipinski definition) is 2. The highest BCUT2D eigenvalue weighted by molar-refractivity contribution is 5.98. The molecule has 192 valence electrons.